The molecule has 0 bridgehead atoms. The second-order valence-corrected chi connectivity index (χ2v) is 3.67. The summed E-state index contributed by atoms with van der Waals surface area (Å²) in [6.45, 7) is 6.12. The zero-order valence-electron chi connectivity index (χ0n) is 7.75. The van der Waals surface area contributed by atoms with Gasteiger partial charge in [0.05, 0.1) is 18.3 Å². The lowest BCUT2D eigenvalue weighted by molar-refractivity contribution is -0.124. The van der Waals surface area contributed by atoms with Crippen molar-refractivity contribution in [2.24, 2.45) is 0 Å². The standard InChI is InChI=1S/C10H18O2/c1-3-8-12-10(2)7-5-4-6-9(10)11/h3,9,11H,1,4-8H2,2H3/t9-,10-/m1/s1. The molecule has 1 saturated carbocycles. The number of hydrogen-bond donors (Lipinski definition) is 1. The van der Waals surface area contributed by atoms with Crippen molar-refractivity contribution in [3.63, 3.8) is 0 Å². The lowest BCUT2D eigenvalue weighted by Crippen LogP contribution is -2.44. The highest BCUT2D eigenvalue weighted by atomic mass is 16.5. The fourth-order valence-electron chi connectivity index (χ4n) is 1.70. The summed E-state index contributed by atoms with van der Waals surface area (Å²) >= 11 is 0. The van der Waals surface area contributed by atoms with Gasteiger partial charge in [0, 0.05) is 0 Å². The Morgan fingerprint density at radius 2 is 2.42 bits per heavy atom. The molecule has 0 radical (unpaired) electrons. The van der Waals surface area contributed by atoms with Gasteiger partial charge in [-0.25, -0.2) is 0 Å². The number of ether oxygens (including phenoxy) is 1. The summed E-state index contributed by atoms with van der Waals surface area (Å²) in [6, 6.07) is 0. The molecule has 0 heterocycles. The van der Waals surface area contributed by atoms with Crippen LogP contribution in [0.25, 0.3) is 0 Å². The molecular formula is C10H18O2. The van der Waals surface area contributed by atoms with E-state index < -0.39 is 0 Å². The van der Waals surface area contributed by atoms with Crippen molar-refractivity contribution in [2.45, 2.75) is 44.3 Å². The first-order valence-electron chi connectivity index (χ1n) is 4.62. The van der Waals surface area contributed by atoms with Gasteiger partial charge in [-0.2, -0.15) is 0 Å². The van der Waals surface area contributed by atoms with Crippen molar-refractivity contribution in [3.05, 3.63) is 12.7 Å². The molecule has 2 nitrogen and oxygen atoms in total. The molecule has 1 N–H and O–H groups in total. The van der Waals surface area contributed by atoms with Gasteiger partial charge in [-0.1, -0.05) is 18.9 Å². The molecule has 0 spiro atoms. The molecule has 0 saturated heterocycles. The molecule has 0 aliphatic heterocycles. The largest absolute Gasteiger partial charge is 0.390 e. The summed E-state index contributed by atoms with van der Waals surface area (Å²) < 4.78 is 5.56. The molecule has 12 heavy (non-hydrogen) atoms. The van der Waals surface area contributed by atoms with Crippen molar-refractivity contribution in [1.82, 2.24) is 0 Å². The Hall–Kier alpha value is -0.340. The van der Waals surface area contributed by atoms with E-state index in [1.807, 2.05) is 6.92 Å². The molecule has 0 amide bonds. The van der Waals surface area contributed by atoms with Gasteiger partial charge < -0.3 is 9.84 Å². The van der Waals surface area contributed by atoms with E-state index in [1.165, 1.54) is 0 Å². The number of aliphatic hydroxyl groups is 1. The van der Waals surface area contributed by atoms with Crippen molar-refractivity contribution >= 4 is 0 Å². The second-order valence-electron chi connectivity index (χ2n) is 3.67. The fraction of sp³-hybridized carbons (Fsp3) is 0.800. The zero-order chi connectivity index (χ0) is 9.03. The Morgan fingerprint density at radius 3 is 3.00 bits per heavy atom. The molecule has 0 unspecified atom stereocenters. The van der Waals surface area contributed by atoms with Gasteiger partial charge in [-0.3, -0.25) is 0 Å². The molecule has 0 aromatic heterocycles. The fourth-order valence-corrected chi connectivity index (χ4v) is 1.70. The minimum Gasteiger partial charge on any atom is -0.390 e. The Bertz CT molecular complexity index is 156. The van der Waals surface area contributed by atoms with Gasteiger partial charge in [0.2, 0.25) is 0 Å². The van der Waals surface area contributed by atoms with E-state index in [2.05, 4.69) is 6.58 Å². The van der Waals surface area contributed by atoms with Crippen LogP contribution in [-0.4, -0.2) is 23.4 Å². The van der Waals surface area contributed by atoms with Crippen LogP contribution in [0.4, 0.5) is 0 Å². The Labute approximate surface area is 74.2 Å². The van der Waals surface area contributed by atoms with Crippen LogP contribution in [0.15, 0.2) is 12.7 Å². The molecular weight excluding hydrogens is 152 g/mol. The van der Waals surface area contributed by atoms with Crippen LogP contribution in [0.2, 0.25) is 0 Å². The zero-order valence-corrected chi connectivity index (χ0v) is 7.75. The lowest BCUT2D eigenvalue weighted by Gasteiger charge is -2.37. The van der Waals surface area contributed by atoms with E-state index in [4.69, 9.17) is 4.74 Å². The van der Waals surface area contributed by atoms with Gasteiger partial charge in [-0.15, -0.1) is 6.58 Å². The highest BCUT2D eigenvalue weighted by Crippen LogP contribution is 2.31. The summed E-state index contributed by atoms with van der Waals surface area (Å²) in [5.74, 6) is 0. The van der Waals surface area contributed by atoms with Crippen LogP contribution in [0.1, 0.15) is 32.6 Å². The second kappa shape index (κ2) is 4.06. The molecule has 1 rings (SSSR count). The van der Waals surface area contributed by atoms with Crippen molar-refractivity contribution in [2.75, 3.05) is 6.61 Å². The molecule has 1 aliphatic carbocycles. The molecule has 1 aliphatic rings. The van der Waals surface area contributed by atoms with Crippen LogP contribution in [0.5, 0.6) is 0 Å². The van der Waals surface area contributed by atoms with Crippen LogP contribution < -0.4 is 0 Å². The molecule has 2 atom stereocenters. The van der Waals surface area contributed by atoms with Crippen LogP contribution >= 0.6 is 0 Å². The average molecular weight is 170 g/mol. The van der Waals surface area contributed by atoms with Gasteiger partial charge in [0.15, 0.2) is 0 Å². The Morgan fingerprint density at radius 1 is 1.67 bits per heavy atom. The summed E-state index contributed by atoms with van der Waals surface area (Å²) in [7, 11) is 0. The highest BCUT2D eigenvalue weighted by Gasteiger charge is 2.35. The molecule has 1 fully saturated rings. The molecule has 70 valence electrons. The molecule has 2 heteroatoms. The van der Waals surface area contributed by atoms with Gasteiger partial charge in [0.1, 0.15) is 0 Å². The molecule has 0 aromatic carbocycles. The number of hydrogen-bond acceptors (Lipinski definition) is 2. The van der Waals surface area contributed by atoms with E-state index in [0.717, 1.165) is 25.7 Å². The maximum absolute atomic E-state index is 9.70. The van der Waals surface area contributed by atoms with Crippen molar-refractivity contribution in [3.8, 4) is 0 Å². The quantitative estimate of drug-likeness (QED) is 0.655. The van der Waals surface area contributed by atoms with Gasteiger partial charge in [-0.05, 0) is 19.8 Å². The summed E-state index contributed by atoms with van der Waals surface area (Å²) in [5, 5.41) is 9.70. The Balaban J connectivity index is 2.47. The smallest absolute Gasteiger partial charge is 0.0916 e. The summed E-state index contributed by atoms with van der Waals surface area (Å²) in [4.78, 5) is 0. The third kappa shape index (κ3) is 2.08. The van der Waals surface area contributed by atoms with Gasteiger partial charge >= 0.3 is 0 Å². The topological polar surface area (TPSA) is 29.5 Å². The third-order valence-electron chi connectivity index (χ3n) is 2.64. The van der Waals surface area contributed by atoms with Gasteiger partial charge in [0.25, 0.3) is 0 Å². The first-order chi connectivity index (χ1) is 5.69. The van der Waals surface area contributed by atoms with E-state index in [9.17, 15) is 5.11 Å². The normalized spacial score (nSPS) is 36.3. The number of aliphatic hydroxyl groups excluding tert-OH is 1. The predicted molar refractivity (Wildman–Crippen MR) is 49.0 cm³/mol. The van der Waals surface area contributed by atoms with E-state index in [1.54, 1.807) is 6.08 Å². The SMILES string of the molecule is C=CCO[C@]1(C)CCCC[C@H]1O. The highest BCUT2D eigenvalue weighted by molar-refractivity contribution is 4.88. The summed E-state index contributed by atoms with van der Waals surface area (Å²) in [6.07, 6.45) is 5.53. The predicted octanol–water partition coefficient (Wildman–Crippen LogP) is 1.88. The van der Waals surface area contributed by atoms with Crippen LogP contribution in [0.3, 0.4) is 0 Å². The van der Waals surface area contributed by atoms with Crippen LogP contribution in [0, 0.1) is 0 Å². The Kier molecular flexibility index (Phi) is 3.29. The van der Waals surface area contributed by atoms with E-state index in [0.29, 0.717) is 6.61 Å². The van der Waals surface area contributed by atoms with E-state index in [-0.39, 0.29) is 11.7 Å². The monoisotopic (exact) mass is 170 g/mol. The number of rotatable bonds is 3. The minimum atomic E-state index is -0.327. The maximum Gasteiger partial charge on any atom is 0.0916 e. The maximum atomic E-state index is 9.70. The van der Waals surface area contributed by atoms with Crippen LogP contribution in [-0.2, 0) is 4.74 Å². The summed E-state index contributed by atoms with van der Waals surface area (Å²) in [5.41, 5.74) is -0.327. The average Bonchev–Trinajstić information content (AvgIpc) is 2.07. The van der Waals surface area contributed by atoms with E-state index >= 15 is 0 Å². The first kappa shape index (κ1) is 9.75. The lowest BCUT2D eigenvalue weighted by atomic mass is 9.83. The first-order valence-corrected chi connectivity index (χ1v) is 4.62. The third-order valence-corrected chi connectivity index (χ3v) is 2.64. The molecule has 0 aromatic rings. The van der Waals surface area contributed by atoms with Crippen molar-refractivity contribution in [1.29, 1.82) is 0 Å². The van der Waals surface area contributed by atoms with Crippen molar-refractivity contribution < 1.29 is 9.84 Å². The minimum absolute atomic E-state index is 0.300.